The second-order valence-electron chi connectivity index (χ2n) is 8.89. The van der Waals surface area contributed by atoms with Crippen LogP contribution in [-0.4, -0.2) is 34.3 Å². The Balaban J connectivity index is 1.53. The van der Waals surface area contributed by atoms with Gasteiger partial charge in [0.2, 0.25) is 5.89 Å². The maximum Gasteiger partial charge on any atom is 0.213 e. The van der Waals surface area contributed by atoms with Gasteiger partial charge in [0.1, 0.15) is 23.2 Å². The van der Waals surface area contributed by atoms with E-state index in [1.54, 1.807) is 17.9 Å². The Morgan fingerprint density at radius 1 is 1.24 bits per heavy atom. The number of nitrogens with two attached hydrogens (primary N) is 1. The van der Waals surface area contributed by atoms with E-state index in [2.05, 4.69) is 52.5 Å². The molecule has 0 fully saturated rings. The molecule has 3 rings (SSSR count). The van der Waals surface area contributed by atoms with E-state index >= 15 is 0 Å². The SMILES string of the molecule is CN=C(NCCCc1nn(-c2ccc(C)cc2)c(N)c1C#N)NCc1ncc(C(C)(C)C)o1. The predicted molar refractivity (Wildman–Crippen MR) is 129 cm³/mol. The van der Waals surface area contributed by atoms with Crippen molar-refractivity contribution >= 4 is 11.8 Å². The number of hydrogen-bond donors (Lipinski definition) is 3. The molecular formula is C24H32N8O. The molecule has 0 aliphatic carbocycles. The summed E-state index contributed by atoms with van der Waals surface area (Å²) >= 11 is 0. The molecule has 0 saturated carbocycles. The minimum atomic E-state index is -0.0801. The van der Waals surface area contributed by atoms with Crippen LogP contribution in [0.1, 0.15) is 55.7 Å². The van der Waals surface area contributed by atoms with Crippen LogP contribution in [0, 0.1) is 18.3 Å². The molecule has 4 N–H and O–H groups in total. The van der Waals surface area contributed by atoms with Gasteiger partial charge in [-0.15, -0.1) is 0 Å². The summed E-state index contributed by atoms with van der Waals surface area (Å²) in [5.41, 5.74) is 9.22. The summed E-state index contributed by atoms with van der Waals surface area (Å²) in [5, 5.41) is 20.6. The monoisotopic (exact) mass is 448 g/mol. The molecule has 0 bridgehead atoms. The first kappa shape index (κ1) is 23.9. The molecule has 0 atom stereocenters. The number of nitriles is 1. The number of nitrogens with zero attached hydrogens (tertiary/aromatic N) is 5. The molecule has 0 aliphatic heterocycles. The molecule has 1 aromatic carbocycles. The van der Waals surface area contributed by atoms with Crippen molar-refractivity contribution in [2.24, 2.45) is 4.99 Å². The first-order chi connectivity index (χ1) is 15.7. The summed E-state index contributed by atoms with van der Waals surface area (Å²) in [5.74, 6) is 2.47. The molecule has 0 amide bonds. The number of benzene rings is 1. The number of aryl methyl sites for hydroxylation is 2. The van der Waals surface area contributed by atoms with Crippen LogP contribution in [0.4, 0.5) is 5.82 Å². The van der Waals surface area contributed by atoms with Crippen molar-refractivity contribution < 1.29 is 4.42 Å². The van der Waals surface area contributed by atoms with Crippen molar-refractivity contribution in [1.82, 2.24) is 25.4 Å². The van der Waals surface area contributed by atoms with E-state index in [1.165, 1.54) is 0 Å². The highest BCUT2D eigenvalue weighted by Crippen LogP contribution is 2.23. The predicted octanol–water partition coefficient (Wildman–Crippen LogP) is 3.22. The van der Waals surface area contributed by atoms with E-state index in [1.807, 2.05) is 31.2 Å². The number of anilines is 1. The van der Waals surface area contributed by atoms with Gasteiger partial charge in [0.15, 0.2) is 5.96 Å². The molecular weight excluding hydrogens is 416 g/mol. The molecule has 0 saturated heterocycles. The lowest BCUT2D eigenvalue weighted by atomic mass is 9.94. The second kappa shape index (κ2) is 10.2. The van der Waals surface area contributed by atoms with Gasteiger partial charge in [-0.2, -0.15) is 10.4 Å². The summed E-state index contributed by atoms with van der Waals surface area (Å²) < 4.78 is 7.43. The maximum atomic E-state index is 9.57. The smallest absolute Gasteiger partial charge is 0.213 e. The van der Waals surface area contributed by atoms with E-state index in [0.29, 0.717) is 48.4 Å². The third-order valence-electron chi connectivity index (χ3n) is 5.19. The van der Waals surface area contributed by atoms with Crippen molar-refractivity contribution in [3.63, 3.8) is 0 Å². The topological polar surface area (TPSA) is 130 Å². The number of guanidine groups is 1. The van der Waals surface area contributed by atoms with Gasteiger partial charge in [-0.05, 0) is 31.9 Å². The molecule has 33 heavy (non-hydrogen) atoms. The molecule has 0 unspecified atom stereocenters. The van der Waals surface area contributed by atoms with Crippen LogP contribution in [-0.2, 0) is 18.4 Å². The number of nitrogen functional groups attached to an aromatic ring is 1. The van der Waals surface area contributed by atoms with Crippen LogP contribution in [0.25, 0.3) is 5.69 Å². The summed E-state index contributed by atoms with van der Waals surface area (Å²) in [6.07, 6.45) is 3.14. The summed E-state index contributed by atoms with van der Waals surface area (Å²) in [6.45, 7) is 9.36. The third kappa shape index (κ3) is 5.92. The fourth-order valence-electron chi connectivity index (χ4n) is 3.24. The fraction of sp³-hybridized carbons (Fsp3) is 0.417. The van der Waals surface area contributed by atoms with Crippen molar-refractivity contribution in [2.75, 3.05) is 19.3 Å². The number of hydrogen-bond acceptors (Lipinski definition) is 6. The number of aromatic nitrogens is 3. The van der Waals surface area contributed by atoms with Crippen LogP contribution in [0.5, 0.6) is 0 Å². The summed E-state index contributed by atoms with van der Waals surface area (Å²) in [6, 6.07) is 10.1. The maximum absolute atomic E-state index is 9.57. The minimum absolute atomic E-state index is 0.0801. The van der Waals surface area contributed by atoms with E-state index < -0.39 is 0 Å². The first-order valence-electron chi connectivity index (χ1n) is 11.0. The second-order valence-corrected chi connectivity index (χ2v) is 8.89. The van der Waals surface area contributed by atoms with Crippen LogP contribution < -0.4 is 16.4 Å². The zero-order valence-corrected chi connectivity index (χ0v) is 19.9. The fourth-order valence-corrected chi connectivity index (χ4v) is 3.24. The Morgan fingerprint density at radius 3 is 2.58 bits per heavy atom. The number of aliphatic imine (C=N–C) groups is 1. The normalized spacial score (nSPS) is 11.9. The average molecular weight is 449 g/mol. The van der Waals surface area contributed by atoms with Crippen molar-refractivity contribution in [3.8, 4) is 11.8 Å². The van der Waals surface area contributed by atoms with Gasteiger partial charge in [-0.25, -0.2) is 9.67 Å². The molecule has 174 valence electrons. The van der Waals surface area contributed by atoms with E-state index in [0.717, 1.165) is 23.4 Å². The lowest BCUT2D eigenvalue weighted by Gasteiger charge is -2.13. The van der Waals surface area contributed by atoms with Crippen molar-refractivity contribution in [2.45, 2.75) is 52.5 Å². The van der Waals surface area contributed by atoms with Gasteiger partial charge < -0.3 is 20.8 Å². The quantitative estimate of drug-likeness (QED) is 0.287. The Morgan fingerprint density at radius 2 is 1.97 bits per heavy atom. The number of rotatable bonds is 7. The standard InChI is InChI=1S/C24H32N8O/c1-16-8-10-17(11-9-16)32-22(26)18(13-25)19(31-32)7-6-12-28-23(27-5)30-15-21-29-14-20(33-21)24(2,3)4/h8-11,14H,6-7,12,15,26H2,1-5H3,(H2,27,28,30). The van der Waals surface area contributed by atoms with Crippen LogP contribution in [0.15, 0.2) is 39.9 Å². The number of oxazole rings is 1. The van der Waals surface area contributed by atoms with Crippen LogP contribution >= 0.6 is 0 Å². The molecule has 2 aromatic heterocycles. The molecule has 9 nitrogen and oxygen atoms in total. The average Bonchev–Trinajstić information content (AvgIpc) is 3.38. The third-order valence-corrected chi connectivity index (χ3v) is 5.19. The molecule has 3 aromatic rings. The van der Waals surface area contributed by atoms with Gasteiger partial charge in [-0.1, -0.05) is 38.5 Å². The first-order valence-corrected chi connectivity index (χ1v) is 11.0. The molecule has 2 heterocycles. The van der Waals surface area contributed by atoms with E-state index in [-0.39, 0.29) is 5.41 Å². The summed E-state index contributed by atoms with van der Waals surface area (Å²) in [4.78, 5) is 8.55. The Hall–Kier alpha value is -3.80. The van der Waals surface area contributed by atoms with Crippen molar-refractivity contribution in [1.29, 1.82) is 5.26 Å². The molecule has 9 heteroatoms. The van der Waals surface area contributed by atoms with Crippen LogP contribution in [0.2, 0.25) is 0 Å². The Labute approximate surface area is 194 Å². The molecule has 0 radical (unpaired) electrons. The zero-order valence-electron chi connectivity index (χ0n) is 19.9. The number of nitrogens with one attached hydrogen (secondary N) is 2. The van der Waals surface area contributed by atoms with Gasteiger partial charge in [0.05, 0.1) is 24.1 Å². The molecule has 0 spiro atoms. The lowest BCUT2D eigenvalue weighted by molar-refractivity contribution is 0.379. The highest BCUT2D eigenvalue weighted by Gasteiger charge is 2.19. The van der Waals surface area contributed by atoms with Crippen molar-refractivity contribution in [3.05, 3.63) is 58.9 Å². The lowest BCUT2D eigenvalue weighted by Crippen LogP contribution is -2.37. The minimum Gasteiger partial charge on any atom is -0.443 e. The van der Waals surface area contributed by atoms with Gasteiger partial charge in [0, 0.05) is 19.0 Å². The largest absolute Gasteiger partial charge is 0.443 e. The van der Waals surface area contributed by atoms with E-state index in [4.69, 9.17) is 10.2 Å². The molecule has 0 aliphatic rings. The Bertz CT molecular complexity index is 1140. The highest BCUT2D eigenvalue weighted by molar-refractivity contribution is 5.79. The highest BCUT2D eigenvalue weighted by atomic mass is 16.4. The van der Waals surface area contributed by atoms with Gasteiger partial charge in [0.25, 0.3) is 0 Å². The van der Waals surface area contributed by atoms with Gasteiger partial charge in [-0.3, -0.25) is 4.99 Å². The van der Waals surface area contributed by atoms with Crippen LogP contribution in [0.3, 0.4) is 0 Å². The zero-order chi connectivity index (χ0) is 24.0. The van der Waals surface area contributed by atoms with Gasteiger partial charge >= 0.3 is 0 Å². The Kier molecular flexibility index (Phi) is 7.38. The summed E-state index contributed by atoms with van der Waals surface area (Å²) in [7, 11) is 1.71. The van der Waals surface area contributed by atoms with E-state index in [9.17, 15) is 5.26 Å².